The van der Waals surface area contributed by atoms with E-state index in [4.69, 9.17) is 5.73 Å². The maximum absolute atomic E-state index is 13.2. The number of nitrogen functional groups attached to an aromatic ring is 1. The number of nitrogens with zero attached hydrogens (tertiary/aromatic N) is 1. The Labute approximate surface area is 101 Å². The fourth-order valence-corrected chi connectivity index (χ4v) is 1.48. The van der Waals surface area contributed by atoms with E-state index in [-0.39, 0.29) is 11.6 Å². The van der Waals surface area contributed by atoms with Gasteiger partial charge in [0, 0.05) is 26.6 Å². The summed E-state index contributed by atoms with van der Waals surface area (Å²) in [6.45, 7) is 1.22. The summed E-state index contributed by atoms with van der Waals surface area (Å²) in [7, 11) is 3.49. The van der Waals surface area contributed by atoms with Gasteiger partial charge in [0.25, 0.3) is 0 Å². The maximum Gasteiger partial charge on any atom is 0.221 e. The van der Waals surface area contributed by atoms with E-state index in [0.717, 1.165) is 5.56 Å². The Hall–Kier alpha value is -1.62. The van der Waals surface area contributed by atoms with Crippen molar-refractivity contribution in [1.29, 1.82) is 0 Å². The molecular formula is C12H18FN3O. The first-order valence-electron chi connectivity index (χ1n) is 5.46. The van der Waals surface area contributed by atoms with E-state index in [1.54, 1.807) is 19.2 Å². The highest BCUT2D eigenvalue weighted by molar-refractivity contribution is 5.75. The third kappa shape index (κ3) is 4.40. The zero-order valence-corrected chi connectivity index (χ0v) is 10.2. The highest BCUT2D eigenvalue weighted by Crippen LogP contribution is 2.13. The number of halogens is 1. The van der Waals surface area contributed by atoms with E-state index in [1.807, 2.05) is 11.9 Å². The SMILES string of the molecule is CNC(=O)CCN(C)Cc1ccc(N)c(F)c1. The van der Waals surface area contributed by atoms with Crippen LogP contribution in [-0.2, 0) is 11.3 Å². The Bertz CT molecular complexity index is 395. The molecule has 0 spiro atoms. The summed E-state index contributed by atoms with van der Waals surface area (Å²) in [6, 6.07) is 4.76. The number of carbonyl (C=O) groups excluding carboxylic acids is 1. The number of nitrogens with two attached hydrogens (primary N) is 1. The lowest BCUT2D eigenvalue weighted by atomic mass is 10.2. The van der Waals surface area contributed by atoms with Crippen molar-refractivity contribution in [2.75, 3.05) is 26.4 Å². The molecule has 3 N–H and O–H groups in total. The van der Waals surface area contributed by atoms with Crippen LogP contribution in [0, 0.1) is 5.82 Å². The monoisotopic (exact) mass is 239 g/mol. The fourth-order valence-electron chi connectivity index (χ4n) is 1.48. The van der Waals surface area contributed by atoms with Gasteiger partial charge >= 0.3 is 0 Å². The summed E-state index contributed by atoms with van der Waals surface area (Å²) in [5.74, 6) is -0.400. The molecule has 0 aliphatic heterocycles. The predicted octanol–water partition coefficient (Wildman–Crippen LogP) is 0.976. The molecule has 94 valence electrons. The molecule has 0 unspecified atom stereocenters. The Morgan fingerprint density at radius 2 is 2.24 bits per heavy atom. The molecule has 0 saturated carbocycles. The van der Waals surface area contributed by atoms with Crippen LogP contribution in [0.15, 0.2) is 18.2 Å². The molecule has 0 radical (unpaired) electrons. The second-order valence-electron chi connectivity index (χ2n) is 4.02. The summed E-state index contributed by atoms with van der Waals surface area (Å²) in [5, 5.41) is 2.56. The second kappa shape index (κ2) is 6.20. The van der Waals surface area contributed by atoms with Gasteiger partial charge in [-0.25, -0.2) is 4.39 Å². The van der Waals surface area contributed by atoms with Crippen molar-refractivity contribution in [3.63, 3.8) is 0 Å². The number of hydrogen-bond donors (Lipinski definition) is 2. The molecule has 0 heterocycles. The van der Waals surface area contributed by atoms with Crippen LogP contribution < -0.4 is 11.1 Å². The predicted molar refractivity (Wildman–Crippen MR) is 65.8 cm³/mol. The van der Waals surface area contributed by atoms with Crippen molar-refractivity contribution in [2.24, 2.45) is 0 Å². The van der Waals surface area contributed by atoms with Crippen LogP contribution in [0.3, 0.4) is 0 Å². The van der Waals surface area contributed by atoms with E-state index < -0.39 is 5.82 Å². The van der Waals surface area contributed by atoms with Crippen molar-refractivity contribution in [1.82, 2.24) is 10.2 Å². The second-order valence-corrected chi connectivity index (χ2v) is 4.02. The van der Waals surface area contributed by atoms with Crippen molar-refractivity contribution < 1.29 is 9.18 Å². The number of benzene rings is 1. The number of hydrogen-bond acceptors (Lipinski definition) is 3. The summed E-state index contributed by atoms with van der Waals surface area (Å²) < 4.78 is 13.2. The van der Waals surface area contributed by atoms with Gasteiger partial charge in [0.1, 0.15) is 5.82 Å². The zero-order valence-electron chi connectivity index (χ0n) is 10.2. The first-order valence-corrected chi connectivity index (χ1v) is 5.46. The number of amides is 1. The molecule has 5 heteroatoms. The minimum absolute atomic E-state index is 0.000312. The van der Waals surface area contributed by atoms with Gasteiger partial charge < -0.3 is 16.0 Å². The molecule has 1 aromatic carbocycles. The van der Waals surface area contributed by atoms with Crippen LogP contribution in [0.25, 0.3) is 0 Å². The molecule has 0 aliphatic rings. The smallest absolute Gasteiger partial charge is 0.221 e. The summed E-state index contributed by atoms with van der Waals surface area (Å²) in [4.78, 5) is 13.0. The quantitative estimate of drug-likeness (QED) is 0.753. The van der Waals surface area contributed by atoms with E-state index in [2.05, 4.69) is 5.32 Å². The van der Waals surface area contributed by atoms with E-state index in [9.17, 15) is 9.18 Å². The first-order chi connectivity index (χ1) is 8.02. The minimum Gasteiger partial charge on any atom is -0.396 e. The van der Waals surface area contributed by atoms with Gasteiger partial charge in [-0.2, -0.15) is 0 Å². The highest BCUT2D eigenvalue weighted by atomic mass is 19.1. The van der Waals surface area contributed by atoms with Gasteiger partial charge in [0.05, 0.1) is 5.69 Å². The topological polar surface area (TPSA) is 58.4 Å². The molecule has 0 atom stereocenters. The first kappa shape index (κ1) is 13.4. The van der Waals surface area contributed by atoms with E-state index >= 15 is 0 Å². The van der Waals surface area contributed by atoms with Gasteiger partial charge in [0.15, 0.2) is 0 Å². The highest BCUT2D eigenvalue weighted by Gasteiger charge is 2.05. The summed E-state index contributed by atoms with van der Waals surface area (Å²) in [5.41, 5.74) is 6.39. The zero-order chi connectivity index (χ0) is 12.8. The fraction of sp³-hybridized carbons (Fsp3) is 0.417. The molecule has 0 bridgehead atoms. The summed E-state index contributed by atoms with van der Waals surface area (Å²) in [6.07, 6.45) is 0.435. The van der Waals surface area contributed by atoms with Crippen LogP contribution in [0.1, 0.15) is 12.0 Å². The lowest BCUT2D eigenvalue weighted by molar-refractivity contribution is -0.120. The number of nitrogens with one attached hydrogen (secondary N) is 1. The van der Waals surface area contributed by atoms with Crippen LogP contribution in [0.2, 0.25) is 0 Å². The van der Waals surface area contributed by atoms with Crippen molar-refractivity contribution in [2.45, 2.75) is 13.0 Å². The van der Waals surface area contributed by atoms with Gasteiger partial charge in [-0.05, 0) is 24.7 Å². The Morgan fingerprint density at radius 1 is 1.53 bits per heavy atom. The van der Waals surface area contributed by atoms with Crippen molar-refractivity contribution in [3.8, 4) is 0 Å². The van der Waals surface area contributed by atoms with Crippen LogP contribution in [0.4, 0.5) is 10.1 Å². The molecule has 4 nitrogen and oxygen atoms in total. The molecule has 0 aromatic heterocycles. The number of anilines is 1. The van der Waals surface area contributed by atoms with Gasteiger partial charge in [-0.3, -0.25) is 4.79 Å². The Balaban J connectivity index is 2.47. The average molecular weight is 239 g/mol. The van der Waals surface area contributed by atoms with Crippen LogP contribution in [-0.4, -0.2) is 31.4 Å². The number of rotatable bonds is 5. The summed E-state index contributed by atoms with van der Waals surface area (Å²) >= 11 is 0. The van der Waals surface area contributed by atoms with Crippen LogP contribution in [0.5, 0.6) is 0 Å². The molecule has 1 rings (SSSR count). The van der Waals surface area contributed by atoms with Gasteiger partial charge in [0.2, 0.25) is 5.91 Å². The lowest BCUT2D eigenvalue weighted by Gasteiger charge is -2.16. The standard InChI is InChI=1S/C12H18FN3O/c1-15-12(17)5-6-16(2)8-9-3-4-11(14)10(13)7-9/h3-4,7H,5-6,8,14H2,1-2H3,(H,15,17). The maximum atomic E-state index is 13.2. The van der Waals surface area contributed by atoms with Gasteiger partial charge in [-0.1, -0.05) is 6.07 Å². The minimum atomic E-state index is -0.401. The average Bonchev–Trinajstić information content (AvgIpc) is 2.31. The van der Waals surface area contributed by atoms with Crippen molar-refractivity contribution in [3.05, 3.63) is 29.6 Å². The Morgan fingerprint density at radius 3 is 2.82 bits per heavy atom. The molecule has 0 aliphatic carbocycles. The molecule has 0 saturated heterocycles. The van der Waals surface area contributed by atoms with E-state index in [1.165, 1.54) is 6.07 Å². The van der Waals surface area contributed by atoms with Gasteiger partial charge in [-0.15, -0.1) is 0 Å². The van der Waals surface area contributed by atoms with Crippen molar-refractivity contribution >= 4 is 11.6 Å². The van der Waals surface area contributed by atoms with Crippen LogP contribution >= 0.6 is 0 Å². The number of carbonyl (C=O) groups is 1. The van der Waals surface area contributed by atoms with E-state index in [0.29, 0.717) is 19.5 Å². The molecule has 1 aromatic rings. The largest absolute Gasteiger partial charge is 0.396 e. The molecular weight excluding hydrogens is 221 g/mol. The molecule has 0 fully saturated rings. The normalized spacial score (nSPS) is 10.6. The molecule has 17 heavy (non-hydrogen) atoms. The third-order valence-electron chi connectivity index (χ3n) is 2.52. The lowest BCUT2D eigenvalue weighted by Crippen LogP contribution is -2.26. The molecule has 1 amide bonds. The Kier molecular flexibility index (Phi) is 4.90. The third-order valence-corrected chi connectivity index (χ3v) is 2.52.